The molecule has 120 valence electrons. The molecule has 1 amide bonds. The maximum absolute atomic E-state index is 12.6. The summed E-state index contributed by atoms with van der Waals surface area (Å²) in [6.45, 7) is 4.73. The average molecular weight is 295 g/mol. The lowest BCUT2D eigenvalue weighted by Gasteiger charge is -2.32. The standard InChI is InChI=1S/C17H29NO3/c1-3-4-5-13-6-8-14(9-7-13)16(19)18-11-10-15(12(18)2)17(20)21/h12-15H,3-11H2,1-2H3,(H,20,21). The molecule has 0 aromatic carbocycles. The smallest absolute Gasteiger partial charge is 0.308 e. The summed E-state index contributed by atoms with van der Waals surface area (Å²) in [6.07, 6.45) is 8.78. The van der Waals surface area contributed by atoms with Crippen LogP contribution in [0.1, 0.15) is 65.2 Å². The van der Waals surface area contributed by atoms with E-state index in [9.17, 15) is 14.7 Å². The van der Waals surface area contributed by atoms with Crippen molar-refractivity contribution in [2.45, 2.75) is 71.3 Å². The van der Waals surface area contributed by atoms with Crippen molar-refractivity contribution in [1.29, 1.82) is 0 Å². The molecule has 1 heterocycles. The second kappa shape index (κ2) is 7.28. The molecule has 0 aromatic heterocycles. The lowest BCUT2D eigenvalue weighted by atomic mass is 9.79. The maximum atomic E-state index is 12.6. The van der Waals surface area contributed by atoms with Gasteiger partial charge in [-0.2, -0.15) is 0 Å². The van der Waals surface area contributed by atoms with E-state index in [0.29, 0.717) is 13.0 Å². The van der Waals surface area contributed by atoms with E-state index >= 15 is 0 Å². The highest BCUT2D eigenvalue weighted by molar-refractivity contribution is 5.81. The van der Waals surface area contributed by atoms with E-state index in [2.05, 4.69) is 6.92 Å². The summed E-state index contributed by atoms with van der Waals surface area (Å²) in [5, 5.41) is 9.17. The van der Waals surface area contributed by atoms with Crippen molar-refractivity contribution < 1.29 is 14.7 Å². The Morgan fingerprint density at radius 2 is 1.81 bits per heavy atom. The number of carbonyl (C=O) groups excluding carboxylic acids is 1. The summed E-state index contributed by atoms with van der Waals surface area (Å²) < 4.78 is 0. The zero-order valence-corrected chi connectivity index (χ0v) is 13.4. The molecule has 0 spiro atoms. The first kappa shape index (κ1) is 16.3. The van der Waals surface area contributed by atoms with Gasteiger partial charge >= 0.3 is 5.97 Å². The molecule has 1 saturated carbocycles. The van der Waals surface area contributed by atoms with Crippen LogP contribution in [0.2, 0.25) is 0 Å². The fourth-order valence-corrected chi connectivity index (χ4v) is 4.01. The maximum Gasteiger partial charge on any atom is 0.308 e. The number of carboxylic acid groups (broad SMARTS) is 1. The summed E-state index contributed by atoms with van der Waals surface area (Å²) in [7, 11) is 0. The van der Waals surface area contributed by atoms with Crippen LogP contribution in [0.5, 0.6) is 0 Å². The number of hydrogen-bond acceptors (Lipinski definition) is 2. The third kappa shape index (κ3) is 3.78. The lowest BCUT2D eigenvalue weighted by Crippen LogP contribution is -2.42. The summed E-state index contributed by atoms with van der Waals surface area (Å²) in [6, 6.07) is -0.146. The van der Waals surface area contributed by atoms with Gasteiger partial charge in [-0.3, -0.25) is 9.59 Å². The van der Waals surface area contributed by atoms with Crippen LogP contribution >= 0.6 is 0 Å². The molecule has 2 atom stereocenters. The van der Waals surface area contributed by atoms with E-state index in [1.165, 1.54) is 32.1 Å². The van der Waals surface area contributed by atoms with Gasteiger partial charge in [0.25, 0.3) is 0 Å². The number of likely N-dealkylation sites (tertiary alicyclic amines) is 1. The van der Waals surface area contributed by atoms with Crippen molar-refractivity contribution in [1.82, 2.24) is 4.90 Å². The molecule has 0 bridgehead atoms. The second-order valence-electron chi connectivity index (χ2n) is 6.87. The second-order valence-corrected chi connectivity index (χ2v) is 6.87. The molecule has 2 fully saturated rings. The minimum atomic E-state index is -0.763. The summed E-state index contributed by atoms with van der Waals surface area (Å²) in [5.74, 6) is 0.00532. The van der Waals surface area contributed by atoms with Crippen molar-refractivity contribution in [2.75, 3.05) is 6.54 Å². The highest BCUT2D eigenvalue weighted by atomic mass is 16.4. The molecule has 1 aliphatic heterocycles. The summed E-state index contributed by atoms with van der Waals surface area (Å²) in [5.41, 5.74) is 0. The van der Waals surface area contributed by atoms with Gasteiger partial charge in [0, 0.05) is 18.5 Å². The number of carboxylic acids is 1. The Morgan fingerprint density at radius 3 is 2.33 bits per heavy atom. The number of aliphatic carboxylic acids is 1. The average Bonchev–Trinajstić information content (AvgIpc) is 2.87. The highest BCUT2D eigenvalue weighted by Crippen LogP contribution is 2.35. The third-order valence-electron chi connectivity index (χ3n) is 5.52. The first-order valence-corrected chi connectivity index (χ1v) is 8.57. The predicted molar refractivity (Wildman–Crippen MR) is 81.9 cm³/mol. The van der Waals surface area contributed by atoms with Gasteiger partial charge in [0.2, 0.25) is 5.91 Å². The summed E-state index contributed by atoms with van der Waals surface area (Å²) >= 11 is 0. The van der Waals surface area contributed by atoms with E-state index < -0.39 is 5.97 Å². The van der Waals surface area contributed by atoms with E-state index in [1.54, 1.807) is 0 Å². The Hall–Kier alpha value is -1.06. The largest absolute Gasteiger partial charge is 0.481 e. The van der Waals surface area contributed by atoms with Crippen LogP contribution in [0.25, 0.3) is 0 Å². The Kier molecular flexibility index (Phi) is 5.65. The number of hydrogen-bond donors (Lipinski definition) is 1. The minimum absolute atomic E-state index is 0.137. The quantitative estimate of drug-likeness (QED) is 0.846. The number of rotatable bonds is 5. The predicted octanol–water partition coefficient (Wildman–Crippen LogP) is 3.30. The Labute approximate surface area is 127 Å². The number of carbonyl (C=O) groups is 2. The Bertz CT molecular complexity index is 374. The number of nitrogens with zero attached hydrogens (tertiary/aromatic N) is 1. The van der Waals surface area contributed by atoms with Crippen LogP contribution in [0, 0.1) is 17.8 Å². The van der Waals surface area contributed by atoms with E-state index in [1.807, 2.05) is 11.8 Å². The van der Waals surface area contributed by atoms with Gasteiger partial charge in [-0.25, -0.2) is 0 Å². The van der Waals surface area contributed by atoms with Crippen molar-refractivity contribution in [3.8, 4) is 0 Å². The van der Waals surface area contributed by atoms with E-state index in [-0.39, 0.29) is 23.8 Å². The van der Waals surface area contributed by atoms with Crippen LogP contribution in [-0.2, 0) is 9.59 Å². The van der Waals surface area contributed by atoms with Gasteiger partial charge < -0.3 is 10.0 Å². The Balaban J connectivity index is 1.84. The zero-order chi connectivity index (χ0) is 15.4. The molecular weight excluding hydrogens is 266 g/mol. The van der Waals surface area contributed by atoms with Crippen LogP contribution in [0.3, 0.4) is 0 Å². The topological polar surface area (TPSA) is 57.6 Å². The fraction of sp³-hybridized carbons (Fsp3) is 0.882. The molecular formula is C17H29NO3. The van der Waals surface area contributed by atoms with Crippen molar-refractivity contribution in [3.63, 3.8) is 0 Å². The molecule has 2 aliphatic rings. The van der Waals surface area contributed by atoms with Gasteiger partial charge in [0.15, 0.2) is 0 Å². The first-order valence-electron chi connectivity index (χ1n) is 8.57. The molecule has 2 unspecified atom stereocenters. The van der Waals surface area contributed by atoms with Crippen LogP contribution in [0.4, 0.5) is 0 Å². The fourth-order valence-electron chi connectivity index (χ4n) is 4.01. The molecule has 21 heavy (non-hydrogen) atoms. The highest BCUT2D eigenvalue weighted by Gasteiger charge is 2.40. The lowest BCUT2D eigenvalue weighted by molar-refractivity contribution is -0.143. The molecule has 4 nitrogen and oxygen atoms in total. The van der Waals surface area contributed by atoms with Crippen LogP contribution in [-0.4, -0.2) is 34.5 Å². The third-order valence-corrected chi connectivity index (χ3v) is 5.52. The monoisotopic (exact) mass is 295 g/mol. The minimum Gasteiger partial charge on any atom is -0.481 e. The van der Waals surface area contributed by atoms with Gasteiger partial charge in [-0.1, -0.05) is 26.2 Å². The van der Waals surface area contributed by atoms with Crippen molar-refractivity contribution in [2.24, 2.45) is 17.8 Å². The molecule has 4 heteroatoms. The van der Waals surface area contributed by atoms with Crippen molar-refractivity contribution >= 4 is 11.9 Å². The van der Waals surface area contributed by atoms with Gasteiger partial charge in [-0.05, 0) is 44.9 Å². The molecule has 1 N–H and O–H groups in total. The van der Waals surface area contributed by atoms with Gasteiger partial charge in [0.05, 0.1) is 5.92 Å². The number of amides is 1. The van der Waals surface area contributed by atoms with Crippen molar-refractivity contribution in [3.05, 3.63) is 0 Å². The normalized spacial score (nSPS) is 33.1. The molecule has 1 saturated heterocycles. The van der Waals surface area contributed by atoms with Crippen LogP contribution in [0.15, 0.2) is 0 Å². The SMILES string of the molecule is CCCCC1CCC(C(=O)N2CCC(C(=O)O)C2C)CC1. The Morgan fingerprint density at radius 1 is 1.14 bits per heavy atom. The molecule has 0 radical (unpaired) electrons. The summed E-state index contributed by atoms with van der Waals surface area (Å²) in [4.78, 5) is 25.6. The first-order chi connectivity index (χ1) is 10.0. The van der Waals surface area contributed by atoms with Gasteiger partial charge in [0.1, 0.15) is 0 Å². The van der Waals surface area contributed by atoms with Crippen LogP contribution < -0.4 is 0 Å². The molecule has 2 rings (SSSR count). The molecule has 0 aromatic rings. The van der Waals surface area contributed by atoms with E-state index in [0.717, 1.165) is 18.8 Å². The van der Waals surface area contributed by atoms with Gasteiger partial charge in [-0.15, -0.1) is 0 Å². The van der Waals surface area contributed by atoms with E-state index in [4.69, 9.17) is 0 Å². The zero-order valence-electron chi connectivity index (χ0n) is 13.4. The number of unbranched alkanes of at least 4 members (excludes halogenated alkanes) is 1. The molecule has 1 aliphatic carbocycles.